The molecular formula is C19H23N9. The first-order chi connectivity index (χ1) is 13.7. The molecule has 0 spiro atoms. The van der Waals surface area contributed by atoms with Crippen LogP contribution in [0.4, 0.5) is 11.8 Å². The van der Waals surface area contributed by atoms with Gasteiger partial charge in [0.2, 0.25) is 5.95 Å². The van der Waals surface area contributed by atoms with Crippen LogP contribution in [0.1, 0.15) is 32.5 Å². The third-order valence-electron chi connectivity index (χ3n) is 4.90. The molecule has 4 aromatic heterocycles. The van der Waals surface area contributed by atoms with Crippen LogP contribution in [0.2, 0.25) is 0 Å². The summed E-state index contributed by atoms with van der Waals surface area (Å²) in [5, 5.41) is 20.0. The first kappa shape index (κ1) is 18.0. The van der Waals surface area contributed by atoms with E-state index in [4.69, 9.17) is 0 Å². The fraction of sp³-hybridized carbons (Fsp3) is 0.368. The molecule has 0 saturated carbocycles. The van der Waals surface area contributed by atoms with Crippen LogP contribution in [0.3, 0.4) is 0 Å². The Morgan fingerprint density at radius 2 is 2.00 bits per heavy atom. The number of nitrogens with one attached hydrogen (secondary N) is 1. The SMILES string of the molecule is CCC(CC)Cc1nnc2cc(-c3ccnc(Nc4cnn(C)n4)n3)ccn12. The molecule has 0 unspecified atom stereocenters. The number of aromatic nitrogens is 8. The van der Waals surface area contributed by atoms with E-state index < -0.39 is 0 Å². The summed E-state index contributed by atoms with van der Waals surface area (Å²) in [6.45, 7) is 4.44. The van der Waals surface area contributed by atoms with E-state index >= 15 is 0 Å². The zero-order valence-electron chi connectivity index (χ0n) is 16.2. The van der Waals surface area contributed by atoms with Crippen LogP contribution in [0.15, 0.2) is 36.8 Å². The summed E-state index contributed by atoms with van der Waals surface area (Å²) in [6.07, 6.45) is 8.58. The predicted octanol–water partition coefficient (Wildman–Crippen LogP) is 3.04. The van der Waals surface area contributed by atoms with Crippen molar-refractivity contribution in [3.05, 3.63) is 42.6 Å². The van der Waals surface area contributed by atoms with Crippen LogP contribution in [0.5, 0.6) is 0 Å². The fourth-order valence-electron chi connectivity index (χ4n) is 3.17. The van der Waals surface area contributed by atoms with E-state index in [1.54, 1.807) is 19.4 Å². The van der Waals surface area contributed by atoms with Gasteiger partial charge in [-0.1, -0.05) is 26.7 Å². The summed E-state index contributed by atoms with van der Waals surface area (Å²) in [5.74, 6) is 2.69. The van der Waals surface area contributed by atoms with Crippen molar-refractivity contribution in [2.24, 2.45) is 13.0 Å². The molecule has 9 heteroatoms. The van der Waals surface area contributed by atoms with Crippen LogP contribution in [-0.4, -0.2) is 39.6 Å². The third-order valence-corrected chi connectivity index (χ3v) is 4.90. The number of pyridine rings is 1. The first-order valence-electron chi connectivity index (χ1n) is 9.46. The Morgan fingerprint density at radius 1 is 1.14 bits per heavy atom. The van der Waals surface area contributed by atoms with E-state index in [-0.39, 0.29) is 0 Å². The van der Waals surface area contributed by atoms with Gasteiger partial charge in [-0.3, -0.25) is 4.40 Å². The van der Waals surface area contributed by atoms with Crippen molar-refractivity contribution < 1.29 is 0 Å². The van der Waals surface area contributed by atoms with E-state index in [2.05, 4.69) is 53.9 Å². The van der Waals surface area contributed by atoms with E-state index in [1.807, 2.05) is 24.4 Å². The molecule has 9 nitrogen and oxygen atoms in total. The summed E-state index contributed by atoms with van der Waals surface area (Å²) in [4.78, 5) is 10.3. The Bertz CT molecular complexity index is 1080. The Labute approximate surface area is 162 Å². The molecule has 144 valence electrons. The number of anilines is 2. The maximum absolute atomic E-state index is 4.58. The molecule has 0 atom stereocenters. The Balaban J connectivity index is 1.60. The summed E-state index contributed by atoms with van der Waals surface area (Å²) in [6, 6.07) is 5.90. The zero-order chi connectivity index (χ0) is 19.5. The quantitative estimate of drug-likeness (QED) is 0.528. The number of aryl methyl sites for hydroxylation is 1. The molecule has 4 rings (SSSR count). The lowest BCUT2D eigenvalue weighted by Crippen LogP contribution is -2.05. The minimum absolute atomic E-state index is 0.466. The standard InChI is InChI=1S/C19H23N9/c1-4-13(5-2)10-17-24-25-18-11-14(7-9-28(17)18)15-6-8-20-19(22-15)23-16-12-21-27(3)26-16/h6-9,11-13H,4-5,10H2,1-3H3,(H,20,22,23,26). The van der Waals surface area contributed by atoms with Crippen molar-refractivity contribution >= 4 is 17.4 Å². The summed E-state index contributed by atoms with van der Waals surface area (Å²) in [7, 11) is 1.76. The molecule has 0 fully saturated rings. The summed E-state index contributed by atoms with van der Waals surface area (Å²) in [5.41, 5.74) is 2.58. The molecule has 28 heavy (non-hydrogen) atoms. The van der Waals surface area contributed by atoms with Crippen molar-refractivity contribution in [1.82, 2.24) is 39.6 Å². The Kier molecular flexibility index (Phi) is 4.96. The monoisotopic (exact) mass is 377 g/mol. The second-order valence-electron chi connectivity index (χ2n) is 6.76. The van der Waals surface area contributed by atoms with Crippen LogP contribution in [-0.2, 0) is 13.5 Å². The molecule has 1 N–H and O–H groups in total. The first-order valence-corrected chi connectivity index (χ1v) is 9.46. The number of nitrogens with zero attached hydrogens (tertiary/aromatic N) is 8. The summed E-state index contributed by atoms with van der Waals surface area (Å²) >= 11 is 0. The minimum atomic E-state index is 0.466. The molecule has 0 aliphatic heterocycles. The molecule has 0 aromatic carbocycles. The molecule has 0 saturated heterocycles. The second kappa shape index (κ2) is 7.71. The smallest absolute Gasteiger partial charge is 0.228 e. The van der Waals surface area contributed by atoms with Crippen molar-refractivity contribution in [2.75, 3.05) is 5.32 Å². The molecule has 4 heterocycles. The van der Waals surface area contributed by atoms with E-state index in [0.717, 1.165) is 42.0 Å². The Morgan fingerprint density at radius 3 is 2.75 bits per heavy atom. The fourth-order valence-corrected chi connectivity index (χ4v) is 3.17. The van der Waals surface area contributed by atoms with Crippen molar-refractivity contribution in [3.8, 4) is 11.3 Å². The van der Waals surface area contributed by atoms with Crippen LogP contribution in [0.25, 0.3) is 16.9 Å². The topological polar surface area (TPSA) is 98.7 Å². The number of rotatable bonds is 7. The minimum Gasteiger partial charge on any atom is -0.306 e. The van der Waals surface area contributed by atoms with Gasteiger partial charge in [0.25, 0.3) is 0 Å². The van der Waals surface area contributed by atoms with Gasteiger partial charge < -0.3 is 5.32 Å². The maximum atomic E-state index is 4.58. The number of hydrogen-bond donors (Lipinski definition) is 1. The van der Waals surface area contributed by atoms with Gasteiger partial charge in [0.1, 0.15) is 5.82 Å². The van der Waals surface area contributed by atoms with Gasteiger partial charge >= 0.3 is 0 Å². The highest BCUT2D eigenvalue weighted by Crippen LogP contribution is 2.22. The van der Waals surface area contributed by atoms with Gasteiger partial charge in [0, 0.05) is 31.4 Å². The molecule has 0 bridgehead atoms. The number of hydrogen-bond acceptors (Lipinski definition) is 7. The normalized spacial score (nSPS) is 11.4. The van der Waals surface area contributed by atoms with Gasteiger partial charge in [-0.25, -0.2) is 9.97 Å². The lowest BCUT2D eigenvalue weighted by molar-refractivity contribution is 0.476. The van der Waals surface area contributed by atoms with Crippen molar-refractivity contribution in [1.29, 1.82) is 0 Å². The summed E-state index contributed by atoms with van der Waals surface area (Å²) < 4.78 is 2.06. The predicted molar refractivity (Wildman–Crippen MR) is 106 cm³/mol. The van der Waals surface area contributed by atoms with E-state index in [9.17, 15) is 0 Å². The average Bonchev–Trinajstić information content (AvgIpc) is 3.31. The third kappa shape index (κ3) is 3.68. The van der Waals surface area contributed by atoms with Crippen LogP contribution in [0, 0.1) is 5.92 Å². The zero-order valence-corrected chi connectivity index (χ0v) is 16.2. The van der Waals surface area contributed by atoms with E-state index in [1.165, 1.54) is 4.80 Å². The van der Waals surface area contributed by atoms with Gasteiger partial charge in [-0.15, -0.1) is 15.3 Å². The van der Waals surface area contributed by atoms with Gasteiger partial charge in [-0.05, 0) is 24.1 Å². The van der Waals surface area contributed by atoms with Gasteiger partial charge in [-0.2, -0.15) is 9.90 Å². The van der Waals surface area contributed by atoms with Crippen LogP contribution < -0.4 is 5.32 Å². The van der Waals surface area contributed by atoms with Crippen molar-refractivity contribution in [2.45, 2.75) is 33.1 Å². The van der Waals surface area contributed by atoms with Crippen molar-refractivity contribution in [3.63, 3.8) is 0 Å². The lowest BCUT2D eigenvalue weighted by Gasteiger charge is -2.10. The van der Waals surface area contributed by atoms with Gasteiger partial charge in [0.15, 0.2) is 11.5 Å². The average molecular weight is 377 g/mol. The van der Waals surface area contributed by atoms with Gasteiger partial charge in [0.05, 0.1) is 11.9 Å². The highest BCUT2D eigenvalue weighted by Gasteiger charge is 2.12. The molecule has 4 aromatic rings. The maximum Gasteiger partial charge on any atom is 0.228 e. The molecular weight excluding hydrogens is 354 g/mol. The lowest BCUT2D eigenvalue weighted by atomic mass is 9.99. The second-order valence-corrected chi connectivity index (χ2v) is 6.76. The molecule has 0 radical (unpaired) electrons. The molecule has 0 aliphatic rings. The Hall–Kier alpha value is -3.36. The van der Waals surface area contributed by atoms with Crippen LogP contribution >= 0.6 is 0 Å². The number of fused-ring (bicyclic) bond motifs is 1. The highest BCUT2D eigenvalue weighted by atomic mass is 15.5. The van der Waals surface area contributed by atoms with E-state index in [0.29, 0.717) is 17.7 Å². The highest BCUT2D eigenvalue weighted by molar-refractivity contribution is 5.65. The molecule has 0 aliphatic carbocycles. The molecule has 0 amide bonds. The largest absolute Gasteiger partial charge is 0.306 e.